The molecule has 0 aromatic heterocycles. The lowest BCUT2D eigenvalue weighted by Crippen LogP contribution is -2.92. The normalized spacial score (nSPS) is 14.8. The molecule has 0 bridgehead atoms. The first-order valence-electron chi connectivity index (χ1n) is 8.79. The van der Waals surface area contributed by atoms with E-state index >= 15 is 0 Å². The number of carbonyl (C=O) groups excluding carboxylic acids is 3. The van der Waals surface area contributed by atoms with Crippen molar-refractivity contribution in [3.63, 3.8) is 0 Å². The highest BCUT2D eigenvalue weighted by Crippen LogP contribution is 2.25. The second-order valence-electron chi connectivity index (χ2n) is 5.95. The van der Waals surface area contributed by atoms with Crippen molar-refractivity contribution in [3.8, 4) is 0 Å². The molecule has 0 saturated heterocycles. The molecule has 1 rings (SSSR count). The third-order valence-electron chi connectivity index (χ3n) is 4.05. The number of rotatable bonds is 10. The van der Waals surface area contributed by atoms with Gasteiger partial charge in [0.05, 0.1) is 19.6 Å². The van der Waals surface area contributed by atoms with Gasteiger partial charge >= 0.3 is 11.9 Å². The van der Waals surface area contributed by atoms with Crippen LogP contribution in [0.1, 0.15) is 45.4 Å². The second-order valence-corrected chi connectivity index (χ2v) is 6.94. The second kappa shape index (κ2) is 14.5. The number of quaternary nitrogens is 1. The Morgan fingerprint density at radius 2 is 1.85 bits per heavy atom. The van der Waals surface area contributed by atoms with Crippen LogP contribution in [-0.2, 0) is 23.9 Å². The van der Waals surface area contributed by atoms with Gasteiger partial charge < -0.3 is 25.1 Å². The van der Waals surface area contributed by atoms with Crippen molar-refractivity contribution in [2.45, 2.75) is 51.5 Å². The lowest BCUT2D eigenvalue weighted by atomic mass is 10.00. The zero-order chi connectivity index (χ0) is 19.9. The largest absolute Gasteiger partial charge is 0.539 e. The quantitative estimate of drug-likeness (QED) is 0.365. The number of aliphatic carboxylic acids is 2. The number of carboxylic acid groups (broad SMARTS) is 2. The van der Waals surface area contributed by atoms with Crippen molar-refractivity contribution in [3.05, 3.63) is 0 Å². The predicted molar refractivity (Wildman–Crippen MR) is 94.4 cm³/mol. The first kappa shape index (κ1) is 24.4. The number of carbonyl (C=O) groups is 4. The van der Waals surface area contributed by atoms with Crippen LogP contribution in [0.2, 0.25) is 0 Å². The summed E-state index contributed by atoms with van der Waals surface area (Å²) in [4.78, 5) is 41.9. The molecular weight excluding hydrogens is 362 g/mol. The van der Waals surface area contributed by atoms with E-state index in [1.54, 1.807) is 11.8 Å². The molecule has 0 aromatic rings. The smallest absolute Gasteiger partial charge is 0.364 e. The molecule has 0 aliphatic heterocycles. The third-order valence-corrected chi connectivity index (χ3v) is 4.69. The van der Waals surface area contributed by atoms with E-state index in [1.165, 1.54) is 12.8 Å². The minimum atomic E-state index is -2.07. The van der Waals surface area contributed by atoms with Crippen LogP contribution in [0.5, 0.6) is 0 Å². The third kappa shape index (κ3) is 11.1. The van der Waals surface area contributed by atoms with Crippen LogP contribution in [0.15, 0.2) is 0 Å². The summed E-state index contributed by atoms with van der Waals surface area (Å²) in [5.74, 6) is -2.54. The maximum atomic E-state index is 12.0. The summed E-state index contributed by atoms with van der Waals surface area (Å²) >= 11 is 1.73. The summed E-state index contributed by atoms with van der Waals surface area (Å²) < 4.78 is 5.09. The van der Waals surface area contributed by atoms with E-state index in [1.807, 2.05) is 18.5 Å². The fourth-order valence-corrected chi connectivity index (χ4v) is 3.19. The Morgan fingerprint density at radius 3 is 2.31 bits per heavy atom. The van der Waals surface area contributed by atoms with E-state index < -0.39 is 11.9 Å². The van der Waals surface area contributed by atoms with Gasteiger partial charge in [-0.3, -0.25) is 4.79 Å². The van der Waals surface area contributed by atoms with Crippen LogP contribution in [0.25, 0.3) is 0 Å². The number of nitrogens with two attached hydrogens (primary N) is 1. The Labute approximate surface area is 158 Å². The SMILES string of the molecule is CCOC(=O)C(CCSC)[NH2+]CCC(=O)C1CCCC1.O=C([O-])C(=O)O. The Balaban J connectivity index is 0.000000896. The lowest BCUT2D eigenvalue weighted by Gasteiger charge is -2.14. The van der Waals surface area contributed by atoms with E-state index in [0.717, 1.165) is 25.0 Å². The molecule has 0 heterocycles. The number of esters is 1. The summed E-state index contributed by atoms with van der Waals surface area (Å²) in [6.07, 6.45) is 7.93. The van der Waals surface area contributed by atoms with E-state index in [2.05, 4.69) is 0 Å². The Bertz CT molecular complexity index is 452. The summed E-state index contributed by atoms with van der Waals surface area (Å²) in [7, 11) is 0. The molecular formula is C17H29NO7S. The topological polar surface area (TPSA) is 137 Å². The van der Waals surface area contributed by atoms with Gasteiger partial charge in [-0.15, -0.1) is 0 Å². The summed E-state index contributed by atoms with van der Waals surface area (Å²) in [5, 5.41) is 18.3. The molecule has 1 fully saturated rings. The highest BCUT2D eigenvalue weighted by molar-refractivity contribution is 7.98. The number of ketones is 1. The first-order valence-corrected chi connectivity index (χ1v) is 10.2. The molecule has 1 aliphatic rings. The van der Waals surface area contributed by atoms with Gasteiger partial charge in [-0.1, -0.05) is 12.8 Å². The van der Waals surface area contributed by atoms with E-state index in [-0.39, 0.29) is 17.9 Å². The molecule has 8 nitrogen and oxygen atoms in total. The molecule has 150 valence electrons. The highest BCUT2D eigenvalue weighted by atomic mass is 32.2. The molecule has 1 atom stereocenters. The van der Waals surface area contributed by atoms with Crippen molar-refractivity contribution >= 4 is 35.5 Å². The van der Waals surface area contributed by atoms with Gasteiger partial charge in [0, 0.05) is 12.3 Å². The summed E-state index contributed by atoms with van der Waals surface area (Å²) in [6, 6.07) is -0.154. The zero-order valence-electron chi connectivity index (χ0n) is 15.4. The minimum Gasteiger partial charge on any atom is -0.539 e. The van der Waals surface area contributed by atoms with Gasteiger partial charge in [0.2, 0.25) is 0 Å². The van der Waals surface area contributed by atoms with Gasteiger partial charge in [0.1, 0.15) is 5.78 Å². The van der Waals surface area contributed by atoms with Crippen LogP contribution in [0.4, 0.5) is 0 Å². The molecule has 0 spiro atoms. The van der Waals surface area contributed by atoms with Crippen molar-refractivity contribution < 1.29 is 39.4 Å². The van der Waals surface area contributed by atoms with Crippen molar-refractivity contribution in [2.75, 3.05) is 25.2 Å². The monoisotopic (exact) mass is 391 g/mol. The molecule has 3 N–H and O–H groups in total. The van der Waals surface area contributed by atoms with Gasteiger partial charge in [0.15, 0.2) is 12.0 Å². The van der Waals surface area contributed by atoms with Gasteiger partial charge in [0.25, 0.3) is 0 Å². The Morgan fingerprint density at radius 1 is 1.27 bits per heavy atom. The molecule has 9 heteroatoms. The van der Waals surface area contributed by atoms with Gasteiger partial charge in [-0.2, -0.15) is 11.8 Å². The van der Waals surface area contributed by atoms with Crippen molar-refractivity contribution in [1.29, 1.82) is 0 Å². The molecule has 0 aromatic carbocycles. The number of hydrogen-bond donors (Lipinski definition) is 2. The predicted octanol–water partition coefficient (Wildman–Crippen LogP) is -0.795. The minimum absolute atomic E-state index is 0.144. The number of thioether (sulfide) groups is 1. The molecule has 0 radical (unpaired) electrons. The molecule has 26 heavy (non-hydrogen) atoms. The fourth-order valence-electron chi connectivity index (χ4n) is 2.70. The number of carboxylic acids is 2. The maximum Gasteiger partial charge on any atom is 0.364 e. The zero-order valence-corrected chi connectivity index (χ0v) is 16.2. The van der Waals surface area contributed by atoms with Crippen LogP contribution in [0.3, 0.4) is 0 Å². The standard InChI is InChI=1S/C15H27NO3S.C2H2O4/c1-3-19-15(18)13(9-11-20-2)16-10-8-14(17)12-6-4-5-7-12;3-1(4)2(5)6/h12-13,16H,3-11H2,1-2H3;(H,3,4)(H,5,6). The maximum absolute atomic E-state index is 12.0. The first-order chi connectivity index (χ1) is 12.3. The van der Waals surface area contributed by atoms with Gasteiger partial charge in [-0.05, 0) is 31.8 Å². The number of Topliss-reactive ketones (excluding diaryl/α,β-unsaturated/α-hetero) is 1. The van der Waals surface area contributed by atoms with Crippen molar-refractivity contribution in [1.82, 2.24) is 0 Å². The highest BCUT2D eigenvalue weighted by Gasteiger charge is 2.25. The van der Waals surface area contributed by atoms with Crippen LogP contribution in [-0.4, -0.2) is 60.0 Å². The fraction of sp³-hybridized carbons (Fsp3) is 0.765. The Hall–Kier alpha value is -1.61. The van der Waals surface area contributed by atoms with Crippen molar-refractivity contribution in [2.24, 2.45) is 5.92 Å². The summed E-state index contributed by atoms with van der Waals surface area (Å²) in [6.45, 7) is 2.95. The van der Waals surface area contributed by atoms with Crippen LogP contribution >= 0.6 is 11.8 Å². The number of hydrogen-bond acceptors (Lipinski definition) is 7. The van der Waals surface area contributed by atoms with E-state index in [0.29, 0.717) is 25.4 Å². The molecule has 1 unspecified atom stereocenters. The van der Waals surface area contributed by atoms with E-state index in [9.17, 15) is 9.59 Å². The molecule has 1 saturated carbocycles. The average Bonchev–Trinajstić information content (AvgIpc) is 3.13. The summed E-state index contributed by atoms with van der Waals surface area (Å²) in [5.41, 5.74) is 0. The Kier molecular flexibility index (Phi) is 13.6. The number of ether oxygens (including phenoxy) is 1. The van der Waals surface area contributed by atoms with E-state index in [4.69, 9.17) is 24.5 Å². The van der Waals surface area contributed by atoms with Gasteiger partial charge in [-0.25, -0.2) is 9.59 Å². The molecule has 1 aliphatic carbocycles. The van der Waals surface area contributed by atoms with Crippen LogP contribution in [0, 0.1) is 5.92 Å². The average molecular weight is 391 g/mol. The lowest BCUT2D eigenvalue weighted by molar-refractivity contribution is -0.677. The molecule has 0 amide bonds. The van der Waals surface area contributed by atoms with Crippen LogP contribution < -0.4 is 10.4 Å².